The van der Waals surface area contributed by atoms with Gasteiger partial charge < -0.3 is 9.47 Å². The average molecular weight is 393 g/mol. The lowest BCUT2D eigenvalue weighted by Crippen LogP contribution is -2.62. The number of fused-ring (bicyclic) bond motifs is 8. The van der Waals surface area contributed by atoms with E-state index in [9.17, 15) is 0 Å². The SMILES string of the molecule is C/C=C1/CCC2C3C(CC[C@]12C)[C@@]1(C)CC[C@@H](Cl)CC1[C@H]1OC(C)(C)O[C@H]31. The summed E-state index contributed by atoms with van der Waals surface area (Å²) in [6.07, 6.45) is 11.8. The van der Waals surface area contributed by atoms with Crippen molar-refractivity contribution in [2.24, 2.45) is 34.5 Å². The summed E-state index contributed by atoms with van der Waals surface area (Å²) in [4.78, 5) is 0. The maximum absolute atomic E-state index is 6.69. The molecule has 1 saturated heterocycles. The number of hydrogen-bond acceptors (Lipinski definition) is 2. The number of halogens is 1. The highest BCUT2D eigenvalue weighted by molar-refractivity contribution is 6.20. The normalized spacial score (nSPS) is 57.7. The van der Waals surface area contributed by atoms with Gasteiger partial charge in [0, 0.05) is 5.38 Å². The second-order valence-corrected chi connectivity index (χ2v) is 11.8. The van der Waals surface area contributed by atoms with E-state index in [0.717, 1.165) is 18.3 Å². The van der Waals surface area contributed by atoms with Crippen LogP contribution in [0.1, 0.15) is 79.6 Å². The van der Waals surface area contributed by atoms with Gasteiger partial charge >= 0.3 is 0 Å². The fourth-order valence-corrected chi connectivity index (χ4v) is 8.76. The highest BCUT2D eigenvalue weighted by Gasteiger charge is 2.67. The molecule has 0 spiro atoms. The Bertz CT molecular complexity index is 657. The molecule has 0 aromatic heterocycles. The van der Waals surface area contributed by atoms with E-state index in [1.54, 1.807) is 5.57 Å². The second-order valence-electron chi connectivity index (χ2n) is 11.1. The summed E-state index contributed by atoms with van der Waals surface area (Å²) in [5.41, 5.74) is 2.45. The largest absolute Gasteiger partial charge is 0.344 e. The molecular formula is C24H37ClO2. The first-order valence-corrected chi connectivity index (χ1v) is 11.8. The zero-order valence-corrected chi connectivity index (χ0v) is 18.5. The van der Waals surface area contributed by atoms with Gasteiger partial charge in [-0.05, 0) is 100 Å². The number of ether oxygens (including phenoxy) is 2. The minimum atomic E-state index is -0.458. The van der Waals surface area contributed by atoms with E-state index in [0.29, 0.717) is 28.0 Å². The molecule has 152 valence electrons. The van der Waals surface area contributed by atoms with Crippen LogP contribution in [0.5, 0.6) is 0 Å². The fourth-order valence-electron chi connectivity index (χ4n) is 8.46. The maximum Gasteiger partial charge on any atom is 0.163 e. The Kier molecular flexibility index (Phi) is 4.20. The van der Waals surface area contributed by atoms with Crippen LogP contribution in [0, 0.1) is 34.5 Å². The lowest BCUT2D eigenvalue weighted by Gasteiger charge is -2.63. The first kappa shape index (κ1) is 18.9. The first-order chi connectivity index (χ1) is 12.7. The standard InChI is InChI=1S/C24H37ClO2/c1-6-14-7-8-16-19-17(10-12-23(14,16)4)24(5)11-9-15(25)13-18(24)20-21(19)27-22(2,3)26-20/h6,15-21H,7-13H2,1-5H3/b14-6-/t15-,16?,17?,18?,19?,20-,21-,23-,24-/m1/s1. The van der Waals surface area contributed by atoms with Crippen LogP contribution in [0.2, 0.25) is 0 Å². The van der Waals surface area contributed by atoms with E-state index < -0.39 is 5.79 Å². The van der Waals surface area contributed by atoms with Gasteiger partial charge in [-0.3, -0.25) is 0 Å². The van der Waals surface area contributed by atoms with E-state index in [1.165, 1.54) is 38.5 Å². The van der Waals surface area contributed by atoms with E-state index in [-0.39, 0.29) is 12.2 Å². The third-order valence-corrected chi connectivity index (χ3v) is 10.1. The van der Waals surface area contributed by atoms with Crippen LogP contribution in [0.15, 0.2) is 11.6 Å². The molecule has 5 fully saturated rings. The maximum atomic E-state index is 6.69. The van der Waals surface area contributed by atoms with Gasteiger partial charge in [0.1, 0.15) is 0 Å². The average Bonchev–Trinajstić information content (AvgIpc) is 3.11. The van der Waals surface area contributed by atoms with Gasteiger partial charge in [0.25, 0.3) is 0 Å². The molecule has 0 aromatic rings. The minimum Gasteiger partial charge on any atom is -0.344 e. The van der Waals surface area contributed by atoms with Crippen LogP contribution in [-0.2, 0) is 9.47 Å². The summed E-state index contributed by atoms with van der Waals surface area (Å²) in [7, 11) is 0. The third-order valence-electron chi connectivity index (χ3n) is 9.67. The first-order valence-electron chi connectivity index (χ1n) is 11.3. The summed E-state index contributed by atoms with van der Waals surface area (Å²) < 4.78 is 13.3. The van der Waals surface area contributed by atoms with Gasteiger partial charge in [0.2, 0.25) is 0 Å². The molecule has 0 N–H and O–H groups in total. The van der Waals surface area contributed by atoms with Gasteiger partial charge in [0.05, 0.1) is 12.2 Å². The summed E-state index contributed by atoms with van der Waals surface area (Å²) in [5, 5.41) is 0.308. The van der Waals surface area contributed by atoms with Crippen LogP contribution in [-0.4, -0.2) is 23.4 Å². The molecule has 0 amide bonds. The summed E-state index contributed by atoms with van der Waals surface area (Å²) in [6.45, 7) is 11.6. The van der Waals surface area contributed by atoms with Crippen molar-refractivity contribution in [2.75, 3.05) is 0 Å². The van der Waals surface area contributed by atoms with Crippen molar-refractivity contribution < 1.29 is 9.47 Å². The van der Waals surface area contributed by atoms with Crippen LogP contribution in [0.3, 0.4) is 0 Å². The van der Waals surface area contributed by atoms with Crippen molar-refractivity contribution in [3.63, 3.8) is 0 Å². The van der Waals surface area contributed by atoms with Gasteiger partial charge in [0.15, 0.2) is 5.79 Å². The van der Waals surface area contributed by atoms with Crippen LogP contribution < -0.4 is 0 Å². The Labute approximate surface area is 170 Å². The predicted octanol–water partition coefficient (Wildman–Crippen LogP) is 6.32. The predicted molar refractivity (Wildman–Crippen MR) is 110 cm³/mol. The highest BCUT2D eigenvalue weighted by atomic mass is 35.5. The van der Waals surface area contributed by atoms with Crippen molar-refractivity contribution in [2.45, 2.75) is 103 Å². The van der Waals surface area contributed by atoms with E-state index in [1.807, 2.05) is 0 Å². The topological polar surface area (TPSA) is 18.5 Å². The Morgan fingerprint density at radius 1 is 0.926 bits per heavy atom. The monoisotopic (exact) mass is 392 g/mol. The van der Waals surface area contributed by atoms with Crippen LogP contribution in [0.25, 0.3) is 0 Å². The smallest absolute Gasteiger partial charge is 0.163 e. The second kappa shape index (κ2) is 5.99. The van der Waals surface area contributed by atoms with Crippen molar-refractivity contribution >= 4 is 11.6 Å². The molecule has 4 aliphatic carbocycles. The lowest BCUT2D eigenvalue weighted by molar-refractivity contribution is -0.171. The lowest BCUT2D eigenvalue weighted by atomic mass is 9.44. The number of hydrogen-bond donors (Lipinski definition) is 0. The quantitative estimate of drug-likeness (QED) is 0.354. The summed E-state index contributed by atoms with van der Waals surface area (Å²) >= 11 is 6.68. The fraction of sp³-hybridized carbons (Fsp3) is 0.917. The third kappa shape index (κ3) is 2.51. The highest BCUT2D eigenvalue weighted by Crippen LogP contribution is 2.69. The zero-order valence-electron chi connectivity index (χ0n) is 17.8. The molecule has 2 nitrogen and oxygen atoms in total. The summed E-state index contributed by atoms with van der Waals surface area (Å²) in [5.74, 6) is 2.24. The molecule has 0 bridgehead atoms. The Balaban J connectivity index is 1.59. The molecule has 5 aliphatic rings. The van der Waals surface area contributed by atoms with Gasteiger partial charge in [-0.15, -0.1) is 11.6 Å². The summed E-state index contributed by atoms with van der Waals surface area (Å²) in [6, 6.07) is 0. The van der Waals surface area contributed by atoms with Crippen molar-refractivity contribution in [1.29, 1.82) is 0 Å². The Morgan fingerprint density at radius 3 is 2.41 bits per heavy atom. The Morgan fingerprint density at radius 2 is 1.67 bits per heavy atom. The molecule has 0 radical (unpaired) electrons. The van der Waals surface area contributed by atoms with Gasteiger partial charge in [-0.1, -0.05) is 25.5 Å². The van der Waals surface area contributed by atoms with E-state index in [2.05, 4.69) is 40.7 Å². The number of rotatable bonds is 0. The molecule has 3 heteroatoms. The molecule has 1 heterocycles. The van der Waals surface area contributed by atoms with Crippen molar-refractivity contribution in [3.8, 4) is 0 Å². The Hall–Kier alpha value is -0.0500. The molecular weight excluding hydrogens is 356 g/mol. The van der Waals surface area contributed by atoms with Crippen LogP contribution in [0.4, 0.5) is 0 Å². The van der Waals surface area contributed by atoms with Gasteiger partial charge in [-0.2, -0.15) is 0 Å². The molecule has 4 unspecified atom stereocenters. The van der Waals surface area contributed by atoms with Gasteiger partial charge in [-0.25, -0.2) is 0 Å². The molecule has 0 aromatic carbocycles. The number of allylic oxidation sites excluding steroid dienone is 2. The van der Waals surface area contributed by atoms with E-state index in [4.69, 9.17) is 21.1 Å². The zero-order chi connectivity index (χ0) is 19.2. The molecule has 1 aliphatic heterocycles. The minimum absolute atomic E-state index is 0.227. The van der Waals surface area contributed by atoms with E-state index >= 15 is 0 Å². The molecule has 5 rings (SSSR count). The van der Waals surface area contributed by atoms with Crippen LogP contribution >= 0.6 is 11.6 Å². The van der Waals surface area contributed by atoms with Crippen molar-refractivity contribution in [1.82, 2.24) is 0 Å². The molecule has 9 atom stereocenters. The van der Waals surface area contributed by atoms with Crippen molar-refractivity contribution in [3.05, 3.63) is 11.6 Å². The molecule has 4 saturated carbocycles. The number of alkyl halides is 1. The molecule has 27 heavy (non-hydrogen) atoms.